The van der Waals surface area contributed by atoms with E-state index in [1.54, 1.807) is 46.8 Å². The van der Waals surface area contributed by atoms with Gasteiger partial charge < -0.3 is 10.6 Å². The average molecular weight is 602 g/mol. The van der Waals surface area contributed by atoms with E-state index in [-0.39, 0.29) is 36.1 Å². The minimum Gasteiger partial charge on any atom is -0.326 e. The smallest absolute Gasteiger partial charge is 0.225 e. The van der Waals surface area contributed by atoms with Crippen LogP contribution in [0.4, 0.5) is 14.5 Å². The van der Waals surface area contributed by atoms with E-state index in [9.17, 15) is 17.6 Å². The van der Waals surface area contributed by atoms with Crippen LogP contribution >= 0.6 is 11.6 Å². The Kier molecular flexibility index (Phi) is 9.09. The van der Waals surface area contributed by atoms with Gasteiger partial charge in [0.25, 0.3) is 0 Å². The maximum absolute atomic E-state index is 15.1. The molecule has 218 valence electrons. The fourth-order valence-electron chi connectivity index (χ4n) is 5.70. The van der Waals surface area contributed by atoms with Gasteiger partial charge in [-0.3, -0.25) is 4.79 Å². The van der Waals surface area contributed by atoms with E-state index >= 15 is 4.39 Å². The summed E-state index contributed by atoms with van der Waals surface area (Å²) in [5.41, 5.74) is 2.11. The van der Waals surface area contributed by atoms with Crippen LogP contribution in [0.1, 0.15) is 55.2 Å². The van der Waals surface area contributed by atoms with Gasteiger partial charge in [-0.15, -0.1) is 0 Å². The average Bonchev–Trinajstić information content (AvgIpc) is 3.79. The number of carbonyl (C=O) groups excluding carboxylic acids is 1. The molecule has 1 saturated carbocycles. The summed E-state index contributed by atoms with van der Waals surface area (Å²) in [5.74, 6) is -1.67. The first kappa shape index (κ1) is 29.6. The third-order valence-electron chi connectivity index (χ3n) is 7.89. The van der Waals surface area contributed by atoms with Crippen molar-refractivity contribution < 1.29 is 22.0 Å². The molecule has 0 spiro atoms. The van der Waals surface area contributed by atoms with E-state index < -0.39 is 27.6 Å². The van der Waals surface area contributed by atoms with E-state index in [0.717, 1.165) is 5.56 Å². The second kappa shape index (κ2) is 12.6. The van der Waals surface area contributed by atoms with Crippen LogP contribution in [0.3, 0.4) is 0 Å². The third kappa shape index (κ3) is 6.97. The van der Waals surface area contributed by atoms with Gasteiger partial charge in [0.1, 0.15) is 11.6 Å². The van der Waals surface area contributed by atoms with Crippen molar-refractivity contribution in [1.82, 2.24) is 9.62 Å². The number of nitrogens with one attached hydrogen (secondary N) is 2. The van der Waals surface area contributed by atoms with Crippen molar-refractivity contribution in [3.05, 3.63) is 100 Å². The zero-order chi connectivity index (χ0) is 29.1. The van der Waals surface area contributed by atoms with Crippen molar-refractivity contribution in [3.63, 3.8) is 0 Å². The summed E-state index contributed by atoms with van der Waals surface area (Å²) in [6.45, 7) is 2.95. The number of benzene rings is 3. The predicted molar refractivity (Wildman–Crippen MR) is 158 cm³/mol. The van der Waals surface area contributed by atoms with Crippen LogP contribution in [-0.2, 0) is 21.2 Å². The molecule has 3 aromatic rings. The molecule has 3 aromatic carbocycles. The van der Waals surface area contributed by atoms with E-state index in [0.29, 0.717) is 54.2 Å². The van der Waals surface area contributed by atoms with Gasteiger partial charge in [-0.2, -0.15) is 4.31 Å². The third-order valence-corrected chi connectivity index (χ3v) is 10.7. The summed E-state index contributed by atoms with van der Waals surface area (Å²) in [6, 6.07) is 17.2. The molecule has 3 atom stereocenters. The largest absolute Gasteiger partial charge is 0.326 e. The highest BCUT2D eigenvalue weighted by molar-refractivity contribution is 7.90. The number of carbonyl (C=O) groups is 1. The van der Waals surface area contributed by atoms with Gasteiger partial charge in [0.05, 0.1) is 5.25 Å². The second-order valence-corrected chi connectivity index (χ2v) is 13.5. The van der Waals surface area contributed by atoms with Gasteiger partial charge in [0.15, 0.2) is 0 Å². The van der Waals surface area contributed by atoms with E-state index in [1.165, 1.54) is 24.3 Å². The monoisotopic (exact) mass is 601 g/mol. The SMILES string of the molecule is CC1CNCC(CCc2c(F)cccc2NC(=O)CC(c2ccc(Cl)cc2)c2cccc(F)c2)N1S(=O)(=O)C1CC1. The van der Waals surface area contributed by atoms with Crippen molar-refractivity contribution in [2.75, 3.05) is 18.4 Å². The first-order valence-corrected chi connectivity index (χ1v) is 15.8. The molecule has 1 heterocycles. The summed E-state index contributed by atoms with van der Waals surface area (Å²) < 4.78 is 57.2. The van der Waals surface area contributed by atoms with Crippen LogP contribution in [0, 0.1) is 11.6 Å². The molecule has 10 heteroatoms. The normalized spacial score (nSPS) is 20.5. The van der Waals surface area contributed by atoms with Crippen molar-refractivity contribution in [3.8, 4) is 0 Å². The lowest BCUT2D eigenvalue weighted by Gasteiger charge is -2.40. The predicted octanol–water partition coefficient (Wildman–Crippen LogP) is 5.87. The van der Waals surface area contributed by atoms with Gasteiger partial charge in [-0.1, -0.05) is 41.9 Å². The van der Waals surface area contributed by atoms with Gasteiger partial charge >= 0.3 is 0 Å². The van der Waals surface area contributed by atoms with Gasteiger partial charge in [-0.05, 0) is 80.1 Å². The topological polar surface area (TPSA) is 78.5 Å². The number of piperazine rings is 1. The number of hydrogen-bond donors (Lipinski definition) is 2. The molecule has 1 aliphatic heterocycles. The molecule has 1 amide bonds. The molecule has 1 aliphatic carbocycles. The van der Waals surface area contributed by atoms with Crippen LogP contribution in [0.2, 0.25) is 5.02 Å². The van der Waals surface area contributed by atoms with E-state index in [4.69, 9.17) is 11.6 Å². The van der Waals surface area contributed by atoms with E-state index in [1.807, 2.05) is 6.92 Å². The van der Waals surface area contributed by atoms with E-state index in [2.05, 4.69) is 10.6 Å². The first-order valence-electron chi connectivity index (χ1n) is 13.9. The number of rotatable bonds is 10. The maximum atomic E-state index is 15.1. The molecule has 1 saturated heterocycles. The second-order valence-electron chi connectivity index (χ2n) is 11.0. The first-order chi connectivity index (χ1) is 19.6. The number of anilines is 1. The lowest BCUT2D eigenvalue weighted by Crippen LogP contribution is -2.59. The van der Waals surface area contributed by atoms with Crippen molar-refractivity contribution in [1.29, 1.82) is 0 Å². The molecule has 0 radical (unpaired) electrons. The van der Waals surface area contributed by atoms with Crippen LogP contribution in [-0.4, -0.2) is 49.1 Å². The summed E-state index contributed by atoms with van der Waals surface area (Å²) in [5, 5.41) is 6.40. The summed E-state index contributed by atoms with van der Waals surface area (Å²) in [4.78, 5) is 13.3. The van der Waals surface area contributed by atoms with Gasteiger partial charge in [0, 0.05) is 53.8 Å². The molecule has 3 unspecified atom stereocenters. The van der Waals surface area contributed by atoms with Gasteiger partial charge in [0.2, 0.25) is 15.9 Å². The number of amides is 1. The fraction of sp³-hybridized carbons (Fsp3) is 0.387. The number of halogens is 3. The quantitative estimate of drug-likeness (QED) is 0.305. The minimum atomic E-state index is -3.41. The Morgan fingerprint density at radius 1 is 1.05 bits per heavy atom. The van der Waals surface area contributed by atoms with Crippen LogP contribution in [0.25, 0.3) is 0 Å². The zero-order valence-electron chi connectivity index (χ0n) is 22.8. The van der Waals surface area contributed by atoms with Crippen LogP contribution in [0.15, 0.2) is 66.7 Å². The molecule has 0 aromatic heterocycles. The standard InChI is InChI=1S/C31H34ClF2N3O3S/c1-20-18-35-19-25(37(20)41(39,40)26-13-14-26)12-15-27-29(34)6-3-7-30(27)36-31(38)17-28(21-8-10-23(32)11-9-21)22-4-2-5-24(33)16-22/h2-11,16,20,25-26,28,35H,12-15,17-19H2,1H3,(H,36,38). The molecular weight excluding hydrogens is 568 g/mol. The van der Waals surface area contributed by atoms with Crippen molar-refractivity contribution in [2.24, 2.45) is 0 Å². The molecule has 0 bridgehead atoms. The summed E-state index contributed by atoms with van der Waals surface area (Å²) in [7, 11) is -3.41. The lowest BCUT2D eigenvalue weighted by molar-refractivity contribution is -0.116. The molecule has 41 heavy (non-hydrogen) atoms. The minimum absolute atomic E-state index is 0.00148. The highest BCUT2D eigenvalue weighted by Gasteiger charge is 2.45. The summed E-state index contributed by atoms with van der Waals surface area (Å²) >= 11 is 6.06. The number of hydrogen-bond acceptors (Lipinski definition) is 4. The lowest BCUT2D eigenvalue weighted by atomic mass is 9.88. The Balaban J connectivity index is 1.33. The fourth-order valence-corrected chi connectivity index (χ4v) is 8.07. The highest BCUT2D eigenvalue weighted by Crippen LogP contribution is 2.35. The summed E-state index contributed by atoms with van der Waals surface area (Å²) in [6.07, 6.45) is 2.02. The Morgan fingerprint density at radius 2 is 1.78 bits per heavy atom. The van der Waals surface area contributed by atoms with Crippen LogP contribution < -0.4 is 10.6 Å². The van der Waals surface area contributed by atoms with Gasteiger partial charge in [-0.25, -0.2) is 17.2 Å². The molecule has 2 N–H and O–H groups in total. The molecule has 2 aliphatic rings. The molecule has 6 nitrogen and oxygen atoms in total. The number of sulfonamides is 1. The Morgan fingerprint density at radius 3 is 2.49 bits per heavy atom. The molecule has 2 fully saturated rings. The number of nitrogens with zero attached hydrogens (tertiary/aromatic N) is 1. The van der Waals surface area contributed by atoms with Crippen LogP contribution in [0.5, 0.6) is 0 Å². The highest BCUT2D eigenvalue weighted by atomic mass is 35.5. The Labute approximate surface area is 245 Å². The maximum Gasteiger partial charge on any atom is 0.225 e. The molecular formula is C31H34ClF2N3O3S. The zero-order valence-corrected chi connectivity index (χ0v) is 24.4. The Bertz CT molecular complexity index is 1500. The Hall–Kier alpha value is -2.85. The molecule has 5 rings (SSSR count). The van der Waals surface area contributed by atoms with Crippen molar-refractivity contribution in [2.45, 2.75) is 62.3 Å². The van der Waals surface area contributed by atoms with Crippen molar-refractivity contribution >= 4 is 33.2 Å².